The van der Waals surface area contributed by atoms with Crippen molar-refractivity contribution in [3.63, 3.8) is 0 Å². The fraction of sp³-hybridized carbons (Fsp3) is 0.200. The van der Waals surface area contributed by atoms with E-state index in [0.717, 1.165) is 28.6 Å². The van der Waals surface area contributed by atoms with Crippen LogP contribution < -0.4 is 0 Å². The van der Waals surface area contributed by atoms with Gasteiger partial charge in [0.2, 0.25) is 0 Å². The van der Waals surface area contributed by atoms with Gasteiger partial charge in [-0.15, -0.1) is 0 Å². The number of aryl methyl sites for hydroxylation is 1. The quantitative estimate of drug-likeness (QED) is 0.877. The third kappa shape index (κ3) is 2.75. The summed E-state index contributed by atoms with van der Waals surface area (Å²) in [5.41, 5.74) is 0.406. The average molecular weight is 308 g/mol. The van der Waals surface area contributed by atoms with E-state index in [2.05, 4.69) is 0 Å². The Morgan fingerprint density at radius 1 is 1.20 bits per heavy atom. The molecule has 0 bridgehead atoms. The van der Waals surface area contributed by atoms with Crippen molar-refractivity contribution in [2.24, 2.45) is 0 Å². The van der Waals surface area contributed by atoms with Gasteiger partial charge in [0.1, 0.15) is 0 Å². The van der Waals surface area contributed by atoms with Gasteiger partial charge in [-0.25, -0.2) is 0 Å². The van der Waals surface area contributed by atoms with E-state index in [0.29, 0.717) is 12.0 Å². The molecule has 1 aromatic rings. The number of carboxylic acids is 2. The van der Waals surface area contributed by atoms with Crippen molar-refractivity contribution in [1.29, 1.82) is 0 Å². The third-order valence-corrected chi connectivity index (χ3v) is 2.83. The van der Waals surface area contributed by atoms with Gasteiger partial charge in [-0.1, -0.05) is 0 Å². The van der Waals surface area contributed by atoms with Crippen LogP contribution in [0.1, 0.15) is 26.3 Å². The molecule has 0 aliphatic rings. The van der Waals surface area contributed by atoms with Crippen LogP contribution in [0.25, 0.3) is 0 Å². The van der Waals surface area contributed by atoms with Gasteiger partial charge in [0.05, 0.1) is 0 Å². The molecule has 76 valence electrons. The van der Waals surface area contributed by atoms with Gasteiger partial charge in [0, 0.05) is 0 Å². The van der Waals surface area contributed by atoms with E-state index < -0.39 is 11.9 Å². The first-order chi connectivity index (χ1) is 7.07. The second-order valence-electron chi connectivity index (χ2n) is 2.99. The first-order valence-electron chi connectivity index (χ1n) is 4.36. The molecule has 1 rings (SSSR count). The Morgan fingerprint density at radius 3 is 2.33 bits per heavy atom. The SMILES string of the molecule is O=C(O)c1cccc(C[CH2][In])c1C(=O)O. The minimum absolute atomic E-state index is 0.0701. The molecule has 15 heavy (non-hydrogen) atoms. The molecule has 0 fully saturated rings. The minimum atomic E-state index is -1.19. The number of benzene rings is 1. The predicted molar refractivity (Wildman–Crippen MR) is 54.6 cm³/mol. The van der Waals surface area contributed by atoms with E-state index in [4.69, 9.17) is 10.2 Å². The molecule has 0 atom stereocenters. The van der Waals surface area contributed by atoms with E-state index in [-0.39, 0.29) is 11.1 Å². The number of carbonyl (C=O) groups is 2. The molecule has 2 N–H and O–H groups in total. The summed E-state index contributed by atoms with van der Waals surface area (Å²) in [6.45, 7) is 0. The molecular formula is C10H9InO4. The Labute approximate surface area is 101 Å². The van der Waals surface area contributed by atoms with Crippen LogP contribution >= 0.6 is 0 Å². The zero-order chi connectivity index (χ0) is 11.4. The maximum absolute atomic E-state index is 11.0. The second-order valence-corrected chi connectivity index (χ2v) is 4.64. The van der Waals surface area contributed by atoms with Gasteiger partial charge in [-0.3, -0.25) is 0 Å². The number of carboxylic acid groups (broad SMARTS) is 2. The summed E-state index contributed by atoms with van der Waals surface area (Å²) in [5.74, 6) is -2.36. The summed E-state index contributed by atoms with van der Waals surface area (Å²) in [6, 6.07) is 4.58. The van der Waals surface area contributed by atoms with E-state index in [1.54, 1.807) is 12.1 Å². The third-order valence-electron chi connectivity index (χ3n) is 2.01. The number of rotatable bonds is 4. The van der Waals surface area contributed by atoms with Gasteiger partial charge in [-0.2, -0.15) is 0 Å². The molecule has 0 saturated heterocycles. The van der Waals surface area contributed by atoms with Gasteiger partial charge >= 0.3 is 102 Å². The van der Waals surface area contributed by atoms with Crippen LogP contribution in [0.5, 0.6) is 0 Å². The maximum atomic E-state index is 11.0. The summed E-state index contributed by atoms with van der Waals surface area (Å²) >= 11 is 1.03. The van der Waals surface area contributed by atoms with Crippen LogP contribution in [0.4, 0.5) is 0 Å². The van der Waals surface area contributed by atoms with Crippen LogP contribution in [0.3, 0.4) is 0 Å². The molecule has 0 heterocycles. The topological polar surface area (TPSA) is 74.6 Å². The van der Waals surface area contributed by atoms with Crippen LogP contribution in [0.15, 0.2) is 18.2 Å². The molecule has 0 aliphatic carbocycles. The molecule has 4 nitrogen and oxygen atoms in total. The molecule has 0 unspecified atom stereocenters. The van der Waals surface area contributed by atoms with E-state index in [9.17, 15) is 9.59 Å². The van der Waals surface area contributed by atoms with Gasteiger partial charge in [-0.05, 0) is 0 Å². The van der Waals surface area contributed by atoms with Crippen LogP contribution in [0.2, 0.25) is 4.18 Å². The van der Waals surface area contributed by atoms with Crippen molar-refractivity contribution in [1.82, 2.24) is 0 Å². The first-order valence-corrected chi connectivity index (χ1v) is 6.69. The van der Waals surface area contributed by atoms with Crippen LogP contribution in [0, 0.1) is 0 Å². The van der Waals surface area contributed by atoms with E-state index >= 15 is 0 Å². The Kier molecular flexibility index (Phi) is 4.20. The van der Waals surface area contributed by atoms with Gasteiger partial charge < -0.3 is 0 Å². The monoisotopic (exact) mass is 308 g/mol. The molecule has 0 saturated carbocycles. The van der Waals surface area contributed by atoms with Crippen LogP contribution in [-0.4, -0.2) is 46.5 Å². The molecule has 2 radical (unpaired) electrons. The van der Waals surface area contributed by atoms with Gasteiger partial charge in [0.15, 0.2) is 0 Å². The standard InChI is InChI=1S/C10H9O4.In/c1-2-6-4-3-5-7(9(11)12)8(6)10(13)14;/h3-5H,1-2H2,(H,11,12)(H,13,14);. The molecule has 0 spiro atoms. The number of hydrogen-bond acceptors (Lipinski definition) is 2. The fourth-order valence-electron chi connectivity index (χ4n) is 1.39. The van der Waals surface area contributed by atoms with E-state index in [1.165, 1.54) is 6.07 Å². The predicted octanol–water partition coefficient (Wildman–Crippen LogP) is 1.21. The number of aromatic carboxylic acids is 2. The summed E-state index contributed by atoms with van der Waals surface area (Å²) in [7, 11) is 0. The Morgan fingerprint density at radius 2 is 1.87 bits per heavy atom. The average Bonchev–Trinajstić information content (AvgIpc) is 2.17. The molecule has 5 heteroatoms. The molecule has 0 aromatic heterocycles. The van der Waals surface area contributed by atoms with Crippen molar-refractivity contribution >= 4 is 36.3 Å². The Bertz CT molecular complexity index is 400. The van der Waals surface area contributed by atoms with Crippen molar-refractivity contribution in [2.45, 2.75) is 10.6 Å². The normalized spacial score (nSPS) is 9.87. The molecular weight excluding hydrogens is 299 g/mol. The fourth-order valence-corrected chi connectivity index (χ4v) is 2.28. The van der Waals surface area contributed by atoms with E-state index in [1.807, 2.05) is 0 Å². The van der Waals surface area contributed by atoms with Gasteiger partial charge in [0.25, 0.3) is 0 Å². The molecule has 1 aromatic carbocycles. The zero-order valence-electron chi connectivity index (χ0n) is 7.93. The van der Waals surface area contributed by atoms with Crippen molar-refractivity contribution in [3.05, 3.63) is 34.9 Å². The van der Waals surface area contributed by atoms with Crippen molar-refractivity contribution in [3.8, 4) is 0 Å². The summed E-state index contributed by atoms with van der Waals surface area (Å²) in [6.07, 6.45) is 0.630. The molecule has 0 aliphatic heterocycles. The van der Waals surface area contributed by atoms with Crippen LogP contribution in [-0.2, 0) is 6.42 Å². The molecule has 0 amide bonds. The zero-order valence-corrected chi connectivity index (χ0v) is 11.2. The Balaban J connectivity index is 3.34. The Hall–Kier alpha value is -0.970. The summed E-state index contributed by atoms with van der Waals surface area (Å²) in [5, 5.41) is 17.8. The van der Waals surface area contributed by atoms with Crippen molar-refractivity contribution in [2.75, 3.05) is 0 Å². The number of hydrogen-bond donors (Lipinski definition) is 2. The summed E-state index contributed by atoms with van der Waals surface area (Å²) in [4.78, 5) is 21.8. The summed E-state index contributed by atoms with van der Waals surface area (Å²) < 4.78 is 0.911. The second kappa shape index (κ2) is 5.21. The first kappa shape index (κ1) is 12.1. The van der Waals surface area contributed by atoms with Crippen molar-refractivity contribution < 1.29 is 19.8 Å².